The Morgan fingerprint density at radius 2 is 1.70 bits per heavy atom. The predicted molar refractivity (Wildman–Crippen MR) is 40.9 cm³/mol. The summed E-state index contributed by atoms with van der Waals surface area (Å²) in [6.07, 6.45) is 2.78. The highest BCUT2D eigenvalue weighted by molar-refractivity contribution is 4.55. The minimum atomic E-state index is 0.750. The van der Waals surface area contributed by atoms with Gasteiger partial charge in [0, 0.05) is 6.54 Å². The van der Waals surface area contributed by atoms with Gasteiger partial charge in [0.25, 0.3) is 0 Å². The maximum absolute atomic E-state index is 4.83. The molecule has 0 aromatic carbocycles. The quantitative estimate of drug-likeness (QED) is 0.499. The van der Waals surface area contributed by atoms with Gasteiger partial charge in [-0.25, -0.2) is 0 Å². The van der Waals surface area contributed by atoms with Gasteiger partial charge in [-0.05, 0) is 25.9 Å². The van der Waals surface area contributed by atoms with Crippen LogP contribution in [0.3, 0.4) is 0 Å². The molecule has 0 aromatic heterocycles. The van der Waals surface area contributed by atoms with Crippen LogP contribution >= 0.6 is 0 Å². The summed E-state index contributed by atoms with van der Waals surface area (Å²) in [6, 6.07) is 0. The van der Waals surface area contributed by atoms with E-state index in [1.165, 1.54) is 25.9 Å². The van der Waals surface area contributed by atoms with E-state index >= 15 is 0 Å². The van der Waals surface area contributed by atoms with E-state index in [1.807, 2.05) is 0 Å². The third kappa shape index (κ3) is 3.82. The Hall–Kier alpha value is -0.120. The minimum absolute atomic E-state index is 0.750. The van der Waals surface area contributed by atoms with Crippen LogP contribution in [0.15, 0.2) is 0 Å². The van der Waals surface area contributed by atoms with Crippen LogP contribution in [0.4, 0.5) is 0 Å². The monoisotopic (exact) mass is 144 g/mol. The zero-order valence-electron chi connectivity index (χ0n) is 6.36. The molecule has 0 radical (unpaired) electrons. The molecule has 3 heteroatoms. The molecule has 2 rings (SSSR count). The Labute approximate surface area is 62.1 Å². The van der Waals surface area contributed by atoms with Gasteiger partial charge in [-0.3, -0.25) is 5.32 Å². The first-order valence-corrected chi connectivity index (χ1v) is 3.99. The lowest BCUT2D eigenvalue weighted by Gasteiger charge is -1.76. The number of hydrogen-bond acceptors (Lipinski definition) is 3. The molecule has 3 nitrogen and oxygen atoms in total. The van der Waals surface area contributed by atoms with Gasteiger partial charge < -0.3 is 10.1 Å². The van der Waals surface area contributed by atoms with Crippen molar-refractivity contribution in [3.05, 3.63) is 0 Å². The fraction of sp³-hybridized carbons (Fsp3) is 1.00. The summed E-state index contributed by atoms with van der Waals surface area (Å²) in [6.45, 7) is 5.17. The van der Waals surface area contributed by atoms with Crippen molar-refractivity contribution in [2.75, 3.05) is 33.0 Å². The normalized spacial score (nSPS) is 24.0. The van der Waals surface area contributed by atoms with Crippen molar-refractivity contribution < 1.29 is 4.74 Å². The van der Waals surface area contributed by atoms with Crippen LogP contribution in [0.25, 0.3) is 0 Å². The van der Waals surface area contributed by atoms with E-state index in [4.69, 9.17) is 4.74 Å². The van der Waals surface area contributed by atoms with Crippen LogP contribution in [0.5, 0.6) is 0 Å². The Morgan fingerprint density at radius 3 is 1.90 bits per heavy atom. The summed E-state index contributed by atoms with van der Waals surface area (Å²) in [5.41, 5.74) is 0. The average Bonchev–Trinajstić information content (AvgIpc) is 2.67. The molecule has 10 heavy (non-hydrogen) atoms. The van der Waals surface area contributed by atoms with Crippen LogP contribution in [-0.2, 0) is 4.74 Å². The molecule has 0 spiro atoms. The minimum Gasteiger partial charge on any atom is -0.365 e. The molecule has 2 fully saturated rings. The summed E-state index contributed by atoms with van der Waals surface area (Å²) in [5.74, 6) is 0. The molecule has 2 aliphatic rings. The molecule has 2 aliphatic heterocycles. The van der Waals surface area contributed by atoms with Crippen molar-refractivity contribution in [3.8, 4) is 0 Å². The standard InChI is InChI=1S/C4H9N.C3H7NO/c1-2-4-5-3-1;1-2-5-3-4-1/h5H,1-4H2;4H,1-3H2. The van der Waals surface area contributed by atoms with Gasteiger partial charge in [0.1, 0.15) is 0 Å². The predicted octanol–water partition coefficient (Wildman–Crippen LogP) is -0.0665. The molecule has 2 saturated heterocycles. The summed E-state index contributed by atoms with van der Waals surface area (Å²) >= 11 is 0. The van der Waals surface area contributed by atoms with E-state index in [0.717, 1.165) is 19.9 Å². The molecule has 0 amide bonds. The Balaban J connectivity index is 0.0000001000. The first kappa shape index (κ1) is 7.98. The third-order valence-electron chi connectivity index (χ3n) is 1.58. The fourth-order valence-electron chi connectivity index (χ4n) is 0.986. The maximum Gasteiger partial charge on any atom is 0.0966 e. The topological polar surface area (TPSA) is 33.3 Å². The van der Waals surface area contributed by atoms with Crippen molar-refractivity contribution in [1.29, 1.82) is 0 Å². The van der Waals surface area contributed by atoms with E-state index in [9.17, 15) is 0 Å². The smallest absolute Gasteiger partial charge is 0.0966 e. The molecule has 0 bridgehead atoms. The van der Waals surface area contributed by atoms with Crippen molar-refractivity contribution in [3.63, 3.8) is 0 Å². The molecule has 2 N–H and O–H groups in total. The fourth-order valence-corrected chi connectivity index (χ4v) is 0.986. The van der Waals surface area contributed by atoms with Gasteiger partial charge in [-0.1, -0.05) is 0 Å². The van der Waals surface area contributed by atoms with Gasteiger partial charge in [0.15, 0.2) is 0 Å². The highest BCUT2D eigenvalue weighted by Crippen LogP contribution is 1.90. The SMILES string of the molecule is C1CCNC1.C1COCN1. The summed E-state index contributed by atoms with van der Waals surface area (Å²) in [5, 5.41) is 6.22. The van der Waals surface area contributed by atoms with E-state index in [1.54, 1.807) is 0 Å². The lowest BCUT2D eigenvalue weighted by atomic mass is 10.4. The Kier molecular flexibility index (Phi) is 4.51. The molecule has 60 valence electrons. The van der Waals surface area contributed by atoms with Crippen LogP contribution in [0.1, 0.15) is 12.8 Å². The van der Waals surface area contributed by atoms with Gasteiger partial charge in [0.05, 0.1) is 13.3 Å². The van der Waals surface area contributed by atoms with Crippen molar-refractivity contribution in [2.24, 2.45) is 0 Å². The molecule has 0 aliphatic carbocycles. The second kappa shape index (κ2) is 5.65. The van der Waals surface area contributed by atoms with Crippen LogP contribution in [-0.4, -0.2) is 33.0 Å². The summed E-state index contributed by atoms with van der Waals surface area (Å²) < 4.78 is 4.83. The van der Waals surface area contributed by atoms with Gasteiger partial charge in [0.2, 0.25) is 0 Å². The molecule has 0 saturated carbocycles. The number of nitrogens with one attached hydrogen (secondary N) is 2. The highest BCUT2D eigenvalue weighted by atomic mass is 16.5. The average molecular weight is 144 g/mol. The summed E-state index contributed by atoms with van der Waals surface area (Å²) in [7, 11) is 0. The molecule has 0 aromatic rings. The molecular weight excluding hydrogens is 128 g/mol. The molecule has 2 heterocycles. The molecular formula is C7H16N2O. The van der Waals surface area contributed by atoms with Crippen LogP contribution in [0.2, 0.25) is 0 Å². The molecule has 0 atom stereocenters. The number of rotatable bonds is 0. The highest BCUT2D eigenvalue weighted by Gasteiger charge is 1.93. The van der Waals surface area contributed by atoms with Gasteiger partial charge in [-0.2, -0.15) is 0 Å². The maximum atomic E-state index is 4.83. The first-order chi connectivity index (χ1) is 5.00. The second-order valence-corrected chi connectivity index (χ2v) is 2.51. The third-order valence-corrected chi connectivity index (χ3v) is 1.58. The molecule has 0 unspecified atom stereocenters. The summed E-state index contributed by atoms with van der Waals surface area (Å²) in [4.78, 5) is 0. The number of hydrogen-bond donors (Lipinski definition) is 2. The lowest BCUT2D eigenvalue weighted by molar-refractivity contribution is 0.194. The van der Waals surface area contributed by atoms with Gasteiger partial charge in [-0.15, -0.1) is 0 Å². The van der Waals surface area contributed by atoms with Crippen LogP contribution in [0, 0.1) is 0 Å². The Morgan fingerprint density at radius 1 is 0.900 bits per heavy atom. The van der Waals surface area contributed by atoms with Crippen molar-refractivity contribution in [2.45, 2.75) is 12.8 Å². The van der Waals surface area contributed by atoms with E-state index in [-0.39, 0.29) is 0 Å². The van der Waals surface area contributed by atoms with E-state index in [0.29, 0.717) is 0 Å². The van der Waals surface area contributed by atoms with E-state index < -0.39 is 0 Å². The van der Waals surface area contributed by atoms with Crippen molar-refractivity contribution >= 4 is 0 Å². The zero-order valence-corrected chi connectivity index (χ0v) is 6.36. The van der Waals surface area contributed by atoms with Crippen molar-refractivity contribution in [1.82, 2.24) is 10.6 Å². The lowest BCUT2D eigenvalue weighted by Crippen LogP contribution is -2.05. The second-order valence-electron chi connectivity index (χ2n) is 2.51. The zero-order chi connectivity index (χ0) is 7.07. The van der Waals surface area contributed by atoms with Gasteiger partial charge >= 0.3 is 0 Å². The number of ether oxygens (including phenoxy) is 1. The first-order valence-electron chi connectivity index (χ1n) is 3.99. The van der Waals surface area contributed by atoms with Crippen LogP contribution < -0.4 is 10.6 Å². The Bertz CT molecular complexity index is 44.8. The van der Waals surface area contributed by atoms with E-state index in [2.05, 4.69) is 10.6 Å². The largest absolute Gasteiger partial charge is 0.365 e.